The quantitative estimate of drug-likeness (QED) is 0.203. The van der Waals surface area contributed by atoms with Crippen LogP contribution in [0.3, 0.4) is 0 Å². The highest BCUT2D eigenvalue weighted by Crippen LogP contribution is 2.41. The molecular weight excluding hydrogens is 532 g/mol. The average Bonchev–Trinajstić information content (AvgIpc) is 3.47. The molecule has 0 unspecified atom stereocenters. The zero-order valence-corrected chi connectivity index (χ0v) is 24.5. The predicted octanol–water partition coefficient (Wildman–Crippen LogP) is 12.2. The minimum atomic E-state index is 0.896. The Morgan fingerprint density at radius 3 is 1.45 bits per heavy atom. The lowest BCUT2D eigenvalue weighted by Gasteiger charge is -2.09. The van der Waals surface area contributed by atoms with Crippen LogP contribution in [0.4, 0.5) is 0 Å². The number of fused-ring (bicyclic) bond motifs is 3. The molecule has 0 aliphatic heterocycles. The minimum Gasteiger partial charge on any atom is -0.455 e. The molecule has 0 radical (unpaired) electrons. The van der Waals surface area contributed by atoms with Crippen LogP contribution in [-0.4, -0.2) is 0 Å². The largest absolute Gasteiger partial charge is 0.455 e. The molecule has 0 saturated heterocycles. The molecule has 44 heavy (non-hydrogen) atoms. The molecule has 208 valence electrons. The summed E-state index contributed by atoms with van der Waals surface area (Å²) in [6.07, 6.45) is 0. The maximum Gasteiger partial charge on any atom is 0.143 e. The summed E-state index contributed by atoms with van der Waals surface area (Å²) in [4.78, 5) is 0. The molecule has 0 saturated carbocycles. The Morgan fingerprint density at radius 1 is 0.341 bits per heavy atom. The lowest BCUT2D eigenvalue weighted by Crippen LogP contribution is -1.84. The van der Waals surface area contributed by atoms with Crippen LogP contribution in [0.25, 0.3) is 77.6 Å². The van der Waals surface area contributed by atoms with Gasteiger partial charge in [0.25, 0.3) is 0 Å². The molecule has 1 nitrogen and oxygen atoms in total. The molecule has 1 aromatic heterocycles. The summed E-state index contributed by atoms with van der Waals surface area (Å²) >= 11 is 0. The van der Waals surface area contributed by atoms with Crippen molar-refractivity contribution >= 4 is 21.9 Å². The third-order valence-corrected chi connectivity index (χ3v) is 8.51. The molecule has 1 heteroatoms. The molecular formula is C43H30O. The van der Waals surface area contributed by atoms with Crippen LogP contribution in [0, 0.1) is 6.92 Å². The fourth-order valence-electron chi connectivity index (χ4n) is 6.27. The van der Waals surface area contributed by atoms with Crippen LogP contribution < -0.4 is 0 Å². The van der Waals surface area contributed by atoms with E-state index >= 15 is 0 Å². The standard InChI is InChI=1S/C43H30O/c1-29-11-8-16-32(23-29)33-17-9-18-34(24-33)35-19-10-20-36(25-35)37-21-22-42-40(26-37)41-28-38(30-12-4-2-5-13-30)27-39(43(41)44-42)31-14-6-3-7-15-31/h2-28H,1H3. The van der Waals surface area contributed by atoms with Gasteiger partial charge in [-0.2, -0.15) is 0 Å². The van der Waals surface area contributed by atoms with E-state index in [4.69, 9.17) is 4.42 Å². The summed E-state index contributed by atoms with van der Waals surface area (Å²) in [7, 11) is 0. The van der Waals surface area contributed by atoms with Crippen molar-refractivity contribution in [3.63, 3.8) is 0 Å². The van der Waals surface area contributed by atoms with Crippen LogP contribution in [0.15, 0.2) is 168 Å². The molecule has 0 N–H and O–H groups in total. The normalized spacial score (nSPS) is 11.3. The van der Waals surface area contributed by atoms with Gasteiger partial charge in [0.2, 0.25) is 0 Å². The second-order valence-corrected chi connectivity index (χ2v) is 11.5. The van der Waals surface area contributed by atoms with Gasteiger partial charge in [-0.05, 0) is 93.4 Å². The van der Waals surface area contributed by atoms with Gasteiger partial charge in [0, 0.05) is 16.3 Å². The summed E-state index contributed by atoms with van der Waals surface area (Å²) in [5.41, 5.74) is 14.9. The Morgan fingerprint density at radius 2 is 0.841 bits per heavy atom. The van der Waals surface area contributed by atoms with Gasteiger partial charge in [0.1, 0.15) is 11.2 Å². The molecule has 8 aromatic rings. The second kappa shape index (κ2) is 10.9. The van der Waals surface area contributed by atoms with Crippen LogP contribution in [0.2, 0.25) is 0 Å². The minimum absolute atomic E-state index is 0.896. The van der Waals surface area contributed by atoms with Crippen molar-refractivity contribution < 1.29 is 4.42 Å². The van der Waals surface area contributed by atoms with Gasteiger partial charge < -0.3 is 4.42 Å². The van der Waals surface area contributed by atoms with Crippen molar-refractivity contribution in [2.75, 3.05) is 0 Å². The summed E-state index contributed by atoms with van der Waals surface area (Å²) in [5, 5.41) is 2.25. The van der Waals surface area contributed by atoms with E-state index in [1.165, 1.54) is 50.1 Å². The molecule has 0 aliphatic carbocycles. The Hall–Kier alpha value is -5.66. The lowest BCUT2D eigenvalue weighted by molar-refractivity contribution is 0.670. The van der Waals surface area contributed by atoms with Crippen molar-refractivity contribution in [2.24, 2.45) is 0 Å². The van der Waals surface area contributed by atoms with E-state index in [1.54, 1.807) is 0 Å². The van der Waals surface area contributed by atoms with Crippen LogP contribution in [-0.2, 0) is 0 Å². The Labute approximate surface area is 257 Å². The van der Waals surface area contributed by atoms with Gasteiger partial charge >= 0.3 is 0 Å². The van der Waals surface area contributed by atoms with Crippen molar-refractivity contribution in [2.45, 2.75) is 6.92 Å². The highest BCUT2D eigenvalue weighted by Gasteiger charge is 2.16. The summed E-state index contributed by atoms with van der Waals surface area (Å²) in [6.45, 7) is 2.14. The number of hydrogen-bond donors (Lipinski definition) is 0. The summed E-state index contributed by atoms with van der Waals surface area (Å²) in [6, 6.07) is 58.6. The van der Waals surface area contributed by atoms with Gasteiger partial charge in [-0.1, -0.05) is 133 Å². The molecule has 0 spiro atoms. The number of benzene rings is 7. The highest BCUT2D eigenvalue weighted by atomic mass is 16.3. The number of rotatable bonds is 5. The van der Waals surface area contributed by atoms with Crippen LogP contribution in [0.5, 0.6) is 0 Å². The van der Waals surface area contributed by atoms with E-state index < -0.39 is 0 Å². The second-order valence-electron chi connectivity index (χ2n) is 11.5. The van der Waals surface area contributed by atoms with Gasteiger partial charge in [0.15, 0.2) is 0 Å². The van der Waals surface area contributed by atoms with Crippen molar-refractivity contribution in [1.29, 1.82) is 0 Å². The summed E-state index contributed by atoms with van der Waals surface area (Å²) < 4.78 is 6.58. The van der Waals surface area contributed by atoms with Gasteiger partial charge in [-0.15, -0.1) is 0 Å². The lowest BCUT2D eigenvalue weighted by atomic mass is 9.94. The first-order chi connectivity index (χ1) is 21.7. The van der Waals surface area contributed by atoms with Crippen molar-refractivity contribution in [3.05, 3.63) is 169 Å². The number of aryl methyl sites for hydroxylation is 1. The van der Waals surface area contributed by atoms with Crippen LogP contribution in [0.1, 0.15) is 5.56 Å². The van der Waals surface area contributed by atoms with Gasteiger partial charge in [0.05, 0.1) is 0 Å². The van der Waals surface area contributed by atoms with Gasteiger partial charge in [-0.25, -0.2) is 0 Å². The van der Waals surface area contributed by atoms with Gasteiger partial charge in [-0.3, -0.25) is 0 Å². The third kappa shape index (κ3) is 4.79. The molecule has 1 heterocycles. The first-order valence-electron chi connectivity index (χ1n) is 15.1. The maximum absolute atomic E-state index is 6.58. The van der Waals surface area contributed by atoms with E-state index in [9.17, 15) is 0 Å². The van der Waals surface area contributed by atoms with E-state index in [0.717, 1.165) is 33.1 Å². The SMILES string of the molecule is Cc1cccc(-c2cccc(-c3cccc(-c4ccc5oc6c(-c7ccccc7)cc(-c7ccccc7)cc6c5c4)c3)c2)c1. The smallest absolute Gasteiger partial charge is 0.143 e. The van der Waals surface area contributed by atoms with Crippen molar-refractivity contribution in [3.8, 4) is 55.6 Å². The number of furan rings is 1. The third-order valence-electron chi connectivity index (χ3n) is 8.51. The van der Waals surface area contributed by atoms with E-state index in [2.05, 4.69) is 171 Å². The molecule has 0 aliphatic rings. The average molecular weight is 563 g/mol. The Balaban J connectivity index is 1.25. The van der Waals surface area contributed by atoms with Crippen LogP contribution >= 0.6 is 0 Å². The topological polar surface area (TPSA) is 13.1 Å². The fourth-order valence-corrected chi connectivity index (χ4v) is 6.27. The van der Waals surface area contributed by atoms with Crippen molar-refractivity contribution in [1.82, 2.24) is 0 Å². The first kappa shape index (κ1) is 26.0. The molecule has 0 amide bonds. The molecule has 8 rings (SSSR count). The zero-order chi connectivity index (χ0) is 29.5. The number of hydrogen-bond acceptors (Lipinski definition) is 1. The predicted molar refractivity (Wildman–Crippen MR) is 186 cm³/mol. The monoisotopic (exact) mass is 562 g/mol. The molecule has 0 bridgehead atoms. The first-order valence-corrected chi connectivity index (χ1v) is 15.1. The zero-order valence-electron chi connectivity index (χ0n) is 24.5. The molecule has 7 aromatic carbocycles. The van der Waals surface area contributed by atoms with E-state index in [-0.39, 0.29) is 0 Å². The van der Waals surface area contributed by atoms with E-state index in [0.29, 0.717) is 0 Å². The molecule has 0 atom stereocenters. The molecule has 0 fully saturated rings. The Kier molecular flexibility index (Phi) is 6.43. The summed E-state index contributed by atoms with van der Waals surface area (Å²) in [5.74, 6) is 0. The Bertz CT molecular complexity index is 2270. The van der Waals surface area contributed by atoms with E-state index in [1.807, 2.05) is 0 Å². The fraction of sp³-hybridized carbons (Fsp3) is 0.0233. The maximum atomic E-state index is 6.58. The highest BCUT2D eigenvalue weighted by molar-refractivity contribution is 6.12.